The Morgan fingerprint density at radius 2 is 2.06 bits per heavy atom. The van der Waals surface area contributed by atoms with E-state index in [1.54, 1.807) is 6.92 Å². The summed E-state index contributed by atoms with van der Waals surface area (Å²) >= 11 is 0. The van der Waals surface area contributed by atoms with Gasteiger partial charge in [-0.15, -0.1) is 0 Å². The number of rotatable bonds is 3. The molecule has 0 radical (unpaired) electrons. The maximum absolute atomic E-state index is 13.0. The molecule has 0 fully saturated rings. The molecular weight excluding hydrogens is 227 g/mol. The molecule has 3 N–H and O–H groups in total. The van der Waals surface area contributed by atoms with Crippen molar-refractivity contribution in [3.8, 4) is 0 Å². The van der Waals surface area contributed by atoms with Crippen molar-refractivity contribution >= 4 is 17.6 Å². The molecule has 1 amide bonds. The van der Waals surface area contributed by atoms with Crippen molar-refractivity contribution in [2.45, 2.75) is 13.0 Å². The normalized spacial score (nSPS) is 12.0. The van der Waals surface area contributed by atoms with Gasteiger partial charge in [0.25, 0.3) is 5.91 Å². The summed E-state index contributed by atoms with van der Waals surface area (Å²) in [6.07, 6.45) is 0. The second-order valence-corrected chi connectivity index (χ2v) is 3.65. The molecule has 0 aliphatic rings. The Kier molecular flexibility index (Phi) is 3.80. The van der Waals surface area contributed by atoms with Crippen LogP contribution in [0.25, 0.3) is 0 Å². The number of carboxylic acids is 1. The van der Waals surface area contributed by atoms with E-state index < -0.39 is 23.7 Å². The third-order valence-corrected chi connectivity index (χ3v) is 2.39. The fourth-order valence-electron chi connectivity index (χ4n) is 1.28. The third-order valence-electron chi connectivity index (χ3n) is 2.39. The maximum Gasteiger partial charge on any atom is 0.330 e. The van der Waals surface area contributed by atoms with Crippen LogP contribution in [-0.2, 0) is 9.59 Å². The fraction of sp³-hybridized carbons (Fsp3) is 0.273. The van der Waals surface area contributed by atoms with Crippen LogP contribution >= 0.6 is 0 Å². The number of amides is 1. The van der Waals surface area contributed by atoms with Gasteiger partial charge in [-0.3, -0.25) is 4.79 Å². The monoisotopic (exact) mass is 240 g/mol. The summed E-state index contributed by atoms with van der Waals surface area (Å²) in [7, 11) is 1.39. The van der Waals surface area contributed by atoms with Crippen molar-refractivity contribution in [3.05, 3.63) is 29.6 Å². The topological polar surface area (TPSA) is 83.6 Å². The molecule has 1 aromatic carbocycles. The summed E-state index contributed by atoms with van der Waals surface area (Å²) in [5.74, 6) is -2.55. The van der Waals surface area contributed by atoms with Crippen LogP contribution in [0.15, 0.2) is 18.2 Å². The van der Waals surface area contributed by atoms with Gasteiger partial charge >= 0.3 is 5.97 Å². The van der Waals surface area contributed by atoms with Gasteiger partial charge in [-0.1, -0.05) is 0 Å². The van der Waals surface area contributed by atoms with Gasteiger partial charge in [0.1, 0.15) is 5.82 Å². The number of hydrogen-bond acceptors (Lipinski definition) is 3. The molecule has 0 saturated heterocycles. The number of likely N-dealkylation sites (N-methyl/N-ethyl adjacent to an activating group) is 1. The zero-order valence-corrected chi connectivity index (χ0v) is 9.48. The van der Waals surface area contributed by atoms with E-state index in [0.29, 0.717) is 11.3 Å². The van der Waals surface area contributed by atoms with Crippen molar-refractivity contribution in [1.29, 1.82) is 0 Å². The summed E-state index contributed by atoms with van der Waals surface area (Å²) in [6.45, 7) is 1.55. The van der Waals surface area contributed by atoms with E-state index in [-0.39, 0.29) is 0 Å². The molecule has 17 heavy (non-hydrogen) atoms. The van der Waals surface area contributed by atoms with Crippen molar-refractivity contribution in [1.82, 2.24) is 0 Å². The Bertz CT molecular complexity index is 462. The van der Waals surface area contributed by atoms with E-state index in [0.717, 1.165) is 4.90 Å². The molecule has 1 rings (SSSR count). The zero-order chi connectivity index (χ0) is 13.2. The Balaban J connectivity index is 2.96. The van der Waals surface area contributed by atoms with Crippen LogP contribution in [0, 0.1) is 12.7 Å². The number of halogens is 1. The highest BCUT2D eigenvalue weighted by atomic mass is 19.1. The summed E-state index contributed by atoms with van der Waals surface area (Å²) in [4.78, 5) is 23.3. The number of anilines is 1. The zero-order valence-electron chi connectivity index (χ0n) is 9.48. The first kappa shape index (κ1) is 13.1. The Labute approximate surface area is 97.6 Å². The molecule has 1 unspecified atom stereocenters. The molecule has 0 aromatic heterocycles. The predicted molar refractivity (Wildman–Crippen MR) is 60.2 cm³/mol. The van der Waals surface area contributed by atoms with E-state index in [9.17, 15) is 14.0 Å². The van der Waals surface area contributed by atoms with Crippen molar-refractivity contribution in [2.24, 2.45) is 5.73 Å². The van der Waals surface area contributed by atoms with Gasteiger partial charge in [0.15, 0.2) is 6.04 Å². The molecule has 1 aromatic rings. The summed E-state index contributed by atoms with van der Waals surface area (Å²) in [5, 5.41) is 8.61. The standard InChI is InChI=1S/C11H13FN2O3/c1-6-5-7(3-4-8(6)12)14(2)10(15)9(13)11(16)17/h3-5,9H,13H2,1-2H3,(H,16,17). The van der Waals surface area contributed by atoms with E-state index in [1.165, 1.54) is 25.2 Å². The molecule has 0 aliphatic heterocycles. The lowest BCUT2D eigenvalue weighted by Gasteiger charge is -2.19. The molecule has 92 valence electrons. The first-order chi connectivity index (χ1) is 7.84. The molecular formula is C11H13FN2O3. The molecule has 6 heteroatoms. The Morgan fingerprint density at radius 3 is 2.53 bits per heavy atom. The van der Waals surface area contributed by atoms with Crippen LogP contribution in [-0.4, -0.2) is 30.1 Å². The molecule has 0 heterocycles. The van der Waals surface area contributed by atoms with E-state index in [4.69, 9.17) is 10.8 Å². The van der Waals surface area contributed by atoms with Crippen molar-refractivity contribution in [3.63, 3.8) is 0 Å². The minimum Gasteiger partial charge on any atom is -0.480 e. The van der Waals surface area contributed by atoms with Crippen LogP contribution in [0.4, 0.5) is 10.1 Å². The molecule has 0 aliphatic carbocycles. The first-order valence-corrected chi connectivity index (χ1v) is 4.86. The molecule has 0 spiro atoms. The van der Waals surface area contributed by atoms with Crippen LogP contribution in [0.5, 0.6) is 0 Å². The number of hydrogen-bond donors (Lipinski definition) is 2. The number of aliphatic carboxylic acids is 1. The number of benzene rings is 1. The largest absolute Gasteiger partial charge is 0.480 e. The highest BCUT2D eigenvalue weighted by molar-refractivity contribution is 6.08. The summed E-state index contributed by atoms with van der Waals surface area (Å²) in [5.41, 5.74) is 5.96. The third kappa shape index (κ3) is 2.79. The maximum atomic E-state index is 13.0. The molecule has 0 saturated carbocycles. The lowest BCUT2D eigenvalue weighted by atomic mass is 10.2. The van der Waals surface area contributed by atoms with Crippen molar-refractivity contribution in [2.75, 3.05) is 11.9 Å². The smallest absolute Gasteiger partial charge is 0.330 e. The number of carbonyl (C=O) groups excluding carboxylic acids is 1. The average molecular weight is 240 g/mol. The van der Waals surface area contributed by atoms with Gasteiger partial charge in [-0.2, -0.15) is 0 Å². The number of carbonyl (C=O) groups is 2. The minimum atomic E-state index is -1.62. The van der Waals surface area contributed by atoms with E-state index in [1.807, 2.05) is 0 Å². The highest BCUT2D eigenvalue weighted by Gasteiger charge is 2.25. The van der Waals surface area contributed by atoms with Gasteiger partial charge in [0.05, 0.1) is 0 Å². The van der Waals surface area contributed by atoms with Crippen LogP contribution in [0.1, 0.15) is 5.56 Å². The van der Waals surface area contributed by atoms with Crippen molar-refractivity contribution < 1.29 is 19.1 Å². The second kappa shape index (κ2) is 4.92. The second-order valence-electron chi connectivity index (χ2n) is 3.65. The molecule has 5 nitrogen and oxygen atoms in total. The van der Waals surface area contributed by atoms with Crippen LogP contribution in [0.2, 0.25) is 0 Å². The van der Waals surface area contributed by atoms with Gasteiger partial charge in [0.2, 0.25) is 0 Å². The predicted octanol–water partition coefficient (Wildman–Crippen LogP) is 0.509. The van der Waals surface area contributed by atoms with Gasteiger partial charge in [-0.05, 0) is 30.7 Å². The van der Waals surface area contributed by atoms with Crippen LogP contribution in [0.3, 0.4) is 0 Å². The lowest BCUT2D eigenvalue weighted by molar-refractivity contribution is -0.142. The van der Waals surface area contributed by atoms with E-state index in [2.05, 4.69) is 0 Å². The lowest BCUT2D eigenvalue weighted by Crippen LogP contribution is -2.46. The van der Waals surface area contributed by atoms with Gasteiger partial charge in [-0.25, -0.2) is 9.18 Å². The summed E-state index contributed by atoms with van der Waals surface area (Å²) < 4.78 is 13.0. The average Bonchev–Trinajstić information content (AvgIpc) is 2.29. The Morgan fingerprint density at radius 1 is 1.47 bits per heavy atom. The Hall–Kier alpha value is -1.95. The summed E-state index contributed by atoms with van der Waals surface area (Å²) in [6, 6.07) is 2.42. The fourth-order valence-corrected chi connectivity index (χ4v) is 1.28. The first-order valence-electron chi connectivity index (χ1n) is 4.86. The quantitative estimate of drug-likeness (QED) is 0.754. The SMILES string of the molecule is Cc1cc(N(C)C(=O)C(N)C(=O)O)ccc1F. The molecule has 1 atom stereocenters. The molecule has 0 bridgehead atoms. The number of carboxylic acid groups (broad SMARTS) is 1. The van der Waals surface area contributed by atoms with Gasteiger partial charge < -0.3 is 15.7 Å². The minimum absolute atomic E-state index is 0.367. The van der Waals surface area contributed by atoms with Gasteiger partial charge in [0, 0.05) is 12.7 Å². The number of nitrogens with zero attached hydrogens (tertiary/aromatic N) is 1. The number of nitrogens with two attached hydrogens (primary N) is 1. The van der Waals surface area contributed by atoms with Crippen LogP contribution < -0.4 is 10.6 Å². The number of aryl methyl sites for hydroxylation is 1. The highest BCUT2D eigenvalue weighted by Crippen LogP contribution is 2.17. The van der Waals surface area contributed by atoms with E-state index >= 15 is 0 Å².